The molecule has 0 unspecified atom stereocenters. The highest BCUT2D eigenvalue weighted by Gasteiger charge is 2.24. The Hall–Kier alpha value is -0.600. The molecular formula is C12H18ClNO. The Morgan fingerprint density at radius 2 is 1.67 bits per heavy atom. The molecule has 0 radical (unpaired) electrons. The van der Waals surface area contributed by atoms with Crippen molar-refractivity contribution in [3.05, 3.63) is 28.5 Å². The topological polar surface area (TPSA) is 33.1 Å². The summed E-state index contributed by atoms with van der Waals surface area (Å²) in [7, 11) is 0. The van der Waals surface area contributed by atoms with Crippen LogP contribution >= 0.6 is 11.6 Å². The van der Waals surface area contributed by atoms with Crippen molar-refractivity contribution in [2.45, 2.75) is 45.6 Å². The lowest BCUT2D eigenvalue weighted by Crippen LogP contribution is -2.22. The number of hydrogen-bond acceptors (Lipinski definition) is 2. The summed E-state index contributed by atoms with van der Waals surface area (Å²) in [5.41, 5.74) is 0.434. The summed E-state index contributed by atoms with van der Waals surface area (Å²) in [6.07, 6.45) is 0. The Bertz CT molecular complexity index is 361. The fourth-order valence-corrected chi connectivity index (χ4v) is 1.63. The zero-order chi connectivity index (χ0) is 11.9. The molecule has 1 aromatic heterocycles. The number of aromatic nitrogens is 1. The molecule has 0 saturated carbocycles. The molecule has 1 heterocycles. The molecule has 1 aromatic rings. The third kappa shape index (κ3) is 2.93. The van der Waals surface area contributed by atoms with Crippen molar-refractivity contribution in [3.63, 3.8) is 0 Å². The van der Waals surface area contributed by atoms with Gasteiger partial charge in [0.15, 0.2) is 0 Å². The van der Waals surface area contributed by atoms with Gasteiger partial charge in [0.25, 0.3) is 0 Å². The Morgan fingerprint density at radius 3 is 2.07 bits per heavy atom. The van der Waals surface area contributed by atoms with Crippen LogP contribution in [-0.4, -0.2) is 10.1 Å². The van der Waals surface area contributed by atoms with Gasteiger partial charge in [-0.1, -0.05) is 32.4 Å². The highest BCUT2D eigenvalue weighted by atomic mass is 35.5. The van der Waals surface area contributed by atoms with E-state index >= 15 is 0 Å². The minimum absolute atomic E-state index is 0.0371. The van der Waals surface area contributed by atoms with Gasteiger partial charge in [0.05, 0.1) is 10.7 Å². The van der Waals surface area contributed by atoms with Crippen molar-refractivity contribution in [1.29, 1.82) is 0 Å². The molecule has 0 fully saturated rings. The lowest BCUT2D eigenvalue weighted by atomic mass is 9.91. The molecule has 0 spiro atoms. The number of pyridine rings is 1. The molecule has 3 heteroatoms. The van der Waals surface area contributed by atoms with Crippen LogP contribution in [0.5, 0.6) is 0 Å². The van der Waals surface area contributed by atoms with E-state index < -0.39 is 5.60 Å². The second-order valence-electron chi connectivity index (χ2n) is 5.34. The van der Waals surface area contributed by atoms with E-state index in [-0.39, 0.29) is 5.41 Å². The van der Waals surface area contributed by atoms with E-state index in [4.69, 9.17) is 11.6 Å². The first kappa shape index (κ1) is 12.5. The van der Waals surface area contributed by atoms with Crippen molar-refractivity contribution >= 4 is 11.6 Å². The van der Waals surface area contributed by atoms with Gasteiger partial charge in [-0.15, -0.1) is 0 Å². The number of rotatable bonds is 1. The van der Waals surface area contributed by atoms with E-state index in [9.17, 15) is 5.11 Å². The molecule has 0 amide bonds. The second kappa shape index (κ2) is 3.76. The number of nitrogens with zero attached hydrogens (tertiary/aromatic N) is 1. The van der Waals surface area contributed by atoms with Crippen LogP contribution in [0.3, 0.4) is 0 Å². The SMILES string of the molecule is CC(C)(C)c1ccc(Cl)c(C(C)(C)O)n1. The van der Waals surface area contributed by atoms with Crippen molar-refractivity contribution in [2.75, 3.05) is 0 Å². The summed E-state index contributed by atoms with van der Waals surface area (Å²) in [4.78, 5) is 4.43. The molecule has 1 rings (SSSR count). The van der Waals surface area contributed by atoms with Gasteiger partial charge in [-0.25, -0.2) is 0 Å². The highest BCUT2D eigenvalue weighted by Crippen LogP contribution is 2.29. The highest BCUT2D eigenvalue weighted by molar-refractivity contribution is 6.31. The first-order valence-corrected chi connectivity index (χ1v) is 5.40. The molecule has 0 aliphatic heterocycles. The Kier molecular flexibility index (Phi) is 3.13. The van der Waals surface area contributed by atoms with E-state index in [1.165, 1.54) is 0 Å². The van der Waals surface area contributed by atoms with Gasteiger partial charge in [0, 0.05) is 11.1 Å². The zero-order valence-corrected chi connectivity index (χ0v) is 10.7. The van der Waals surface area contributed by atoms with Gasteiger partial charge in [-0.3, -0.25) is 4.98 Å². The zero-order valence-electron chi connectivity index (χ0n) is 9.93. The van der Waals surface area contributed by atoms with Crippen LogP contribution in [0.2, 0.25) is 5.02 Å². The maximum Gasteiger partial charge on any atom is 0.102 e. The third-order valence-electron chi connectivity index (χ3n) is 2.19. The van der Waals surface area contributed by atoms with Gasteiger partial charge in [0.1, 0.15) is 5.60 Å². The summed E-state index contributed by atoms with van der Waals surface area (Å²) in [5.74, 6) is 0. The van der Waals surface area contributed by atoms with Crippen molar-refractivity contribution in [3.8, 4) is 0 Å². The molecule has 2 nitrogen and oxygen atoms in total. The van der Waals surface area contributed by atoms with E-state index in [0.29, 0.717) is 10.7 Å². The van der Waals surface area contributed by atoms with Crippen LogP contribution in [0, 0.1) is 0 Å². The summed E-state index contributed by atoms with van der Waals surface area (Å²) in [6, 6.07) is 3.69. The normalized spacial score (nSPS) is 13.0. The Morgan fingerprint density at radius 1 is 1.13 bits per heavy atom. The van der Waals surface area contributed by atoms with Crippen molar-refractivity contribution in [1.82, 2.24) is 4.98 Å². The molecule has 0 bridgehead atoms. The molecule has 0 aliphatic carbocycles. The minimum Gasteiger partial charge on any atom is -0.384 e. The van der Waals surface area contributed by atoms with Crippen LogP contribution in [-0.2, 0) is 11.0 Å². The maximum atomic E-state index is 9.91. The van der Waals surface area contributed by atoms with E-state index in [1.54, 1.807) is 19.9 Å². The molecule has 1 N–H and O–H groups in total. The minimum atomic E-state index is -1.00. The quantitative estimate of drug-likeness (QED) is 0.799. The van der Waals surface area contributed by atoms with Crippen molar-refractivity contribution < 1.29 is 5.11 Å². The molecule has 0 aliphatic rings. The molecule has 0 aromatic carbocycles. The lowest BCUT2D eigenvalue weighted by molar-refractivity contribution is 0.0736. The van der Waals surface area contributed by atoms with Crippen LogP contribution in [0.1, 0.15) is 46.0 Å². The van der Waals surface area contributed by atoms with E-state index in [2.05, 4.69) is 25.8 Å². The summed E-state index contributed by atoms with van der Waals surface area (Å²) in [6.45, 7) is 9.62. The maximum absolute atomic E-state index is 9.91. The monoisotopic (exact) mass is 227 g/mol. The molecular weight excluding hydrogens is 210 g/mol. The predicted octanol–water partition coefficient (Wildman–Crippen LogP) is 3.26. The Balaban J connectivity index is 3.30. The molecule has 0 atom stereocenters. The number of aliphatic hydroxyl groups is 1. The first-order valence-electron chi connectivity index (χ1n) is 5.02. The van der Waals surface area contributed by atoms with E-state index in [0.717, 1.165) is 5.69 Å². The smallest absolute Gasteiger partial charge is 0.102 e. The van der Waals surface area contributed by atoms with Crippen molar-refractivity contribution in [2.24, 2.45) is 0 Å². The predicted molar refractivity (Wildman–Crippen MR) is 63.2 cm³/mol. The average molecular weight is 228 g/mol. The summed E-state index contributed by atoms with van der Waals surface area (Å²) >= 11 is 6.01. The van der Waals surface area contributed by atoms with Crippen LogP contribution in [0.4, 0.5) is 0 Å². The van der Waals surface area contributed by atoms with Gasteiger partial charge < -0.3 is 5.11 Å². The van der Waals surface area contributed by atoms with Gasteiger partial charge >= 0.3 is 0 Å². The van der Waals surface area contributed by atoms with Crippen LogP contribution in [0.25, 0.3) is 0 Å². The van der Waals surface area contributed by atoms with Gasteiger partial charge in [0.2, 0.25) is 0 Å². The third-order valence-corrected chi connectivity index (χ3v) is 2.50. The lowest BCUT2D eigenvalue weighted by Gasteiger charge is -2.23. The van der Waals surface area contributed by atoms with E-state index in [1.807, 2.05) is 6.07 Å². The largest absolute Gasteiger partial charge is 0.384 e. The van der Waals surface area contributed by atoms with Gasteiger partial charge in [-0.05, 0) is 26.0 Å². The first-order chi connectivity index (χ1) is 6.62. The number of halogens is 1. The number of hydrogen-bond donors (Lipinski definition) is 1. The standard InChI is InChI=1S/C12H18ClNO/c1-11(2,3)9-7-6-8(13)10(14-9)12(4,5)15/h6-7,15H,1-5H3. The summed E-state index contributed by atoms with van der Waals surface area (Å²) < 4.78 is 0. The average Bonchev–Trinajstić information content (AvgIpc) is 2.00. The summed E-state index contributed by atoms with van der Waals surface area (Å²) in [5, 5.41) is 10.4. The van der Waals surface area contributed by atoms with Crippen LogP contribution in [0.15, 0.2) is 12.1 Å². The fraction of sp³-hybridized carbons (Fsp3) is 0.583. The Labute approximate surface area is 96.3 Å². The van der Waals surface area contributed by atoms with Gasteiger partial charge in [-0.2, -0.15) is 0 Å². The second-order valence-corrected chi connectivity index (χ2v) is 5.74. The molecule has 15 heavy (non-hydrogen) atoms. The molecule has 84 valence electrons. The van der Waals surface area contributed by atoms with Crippen LogP contribution < -0.4 is 0 Å². The fourth-order valence-electron chi connectivity index (χ4n) is 1.29. The molecule has 0 saturated heterocycles.